The van der Waals surface area contributed by atoms with E-state index in [1.165, 1.54) is 0 Å². The number of benzene rings is 1. The van der Waals surface area contributed by atoms with Gasteiger partial charge in [0.25, 0.3) is 0 Å². The number of rotatable bonds is 9. The summed E-state index contributed by atoms with van der Waals surface area (Å²) in [7, 11) is 0. The molecule has 0 saturated heterocycles. The molecule has 5 heteroatoms. The van der Waals surface area contributed by atoms with Crippen molar-refractivity contribution in [1.29, 1.82) is 0 Å². The van der Waals surface area contributed by atoms with E-state index in [4.69, 9.17) is 14.2 Å². The molecule has 0 N–H and O–H groups in total. The molecule has 1 unspecified atom stereocenters. The first-order valence-corrected chi connectivity index (χ1v) is 8.02. The minimum atomic E-state index is -0.659. The van der Waals surface area contributed by atoms with Crippen LogP contribution in [0.1, 0.15) is 45.6 Å². The topological polar surface area (TPSA) is 61.8 Å². The Balaban J connectivity index is 2.84. The van der Waals surface area contributed by atoms with E-state index in [2.05, 4.69) is 13.8 Å². The molecule has 128 valence electrons. The second-order valence-electron chi connectivity index (χ2n) is 5.59. The van der Waals surface area contributed by atoms with E-state index >= 15 is 0 Å². The Morgan fingerprint density at radius 3 is 2.13 bits per heavy atom. The van der Waals surface area contributed by atoms with Gasteiger partial charge in [-0.1, -0.05) is 26.0 Å². The van der Waals surface area contributed by atoms with Crippen LogP contribution in [0.25, 0.3) is 0 Å². The van der Waals surface area contributed by atoms with Crippen LogP contribution in [-0.2, 0) is 19.1 Å². The Labute approximate surface area is 137 Å². The summed E-state index contributed by atoms with van der Waals surface area (Å²) < 4.78 is 15.6. The van der Waals surface area contributed by atoms with E-state index < -0.39 is 17.9 Å². The maximum atomic E-state index is 12.1. The van der Waals surface area contributed by atoms with E-state index in [1.807, 2.05) is 0 Å². The van der Waals surface area contributed by atoms with Crippen molar-refractivity contribution in [3.05, 3.63) is 29.8 Å². The van der Waals surface area contributed by atoms with Gasteiger partial charge in [-0.2, -0.15) is 0 Å². The average molecular weight is 322 g/mol. The highest BCUT2D eigenvalue weighted by molar-refractivity contribution is 5.84. The van der Waals surface area contributed by atoms with Crippen LogP contribution < -0.4 is 4.74 Å². The molecule has 0 fully saturated rings. The van der Waals surface area contributed by atoms with Gasteiger partial charge in [-0.05, 0) is 37.5 Å². The van der Waals surface area contributed by atoms with Crippen molar-refractivity contribution in [2.75, 3.05) is 19.8 Å². The molecule has 0 aliphatic rings. The molecule has 0 aromatic heterocycles. The van der Waals surface area contributed by atoms with Crippen LogP contribution in [0.3, 0.4) is 0 Å². The first kappa shape index (κ1) is 19.0. The van der Waals surface area contributed by atoms with Crippen molar-refractivity contribution < 1.29 is 23.8 Å². The van der Waals surface area contributed by atoms with Gasteiger partial charge in [0.2, 0.25) is 0 Å². The highest BCUT2D eigenvalue weighted by Crippen LogP contribution is 2.24. The largest absolute Gasteiger partial charge is 0.493 e. The Morgan fingerprint density at radius 2 is 1.61 bits per heavy atom. The van der Waals surface area contributed by atoms with Crippen LogP contribution in [-0.4, -0.2) is 31.8 Å². The molecule has 1 rings (SSSR count). The lowest BCUT2D eigenvalue weighted by Gasteiger charge is -2.16. The summed E-state index contributed by atoms with van der Waals surface area (Å²) in [5, 5.41) is 0. The number of carbonyl (C=O) groups is 2. The predicted molar refractivity (Wildman–Crippen MR) is 87.4 cm³/mol. The Hall–Kier alpha value is -2.04. The summed E-state index contributed by atoms with van der Waals surface area (Å²) >= 11 is 0. The van der Waals surface area contributed by atoms with Crippen LogP contribution in [0.5, 0.6) is 5.75 Å². The fourth-order valence-corrected chi connectivity index (χ4v) is 2.03. The van der Waals surface area contributed by atoms with E-state index in [0.717, 1.165) is 5.75 Å². The first-order chi connectivity index (χ1) is 11.0. The Morgan fingerprint density at radius 1 is 1.00 bits per heavy atom. The summed E-state index contributed by atoms with van der Waals surface area (Å²) in [6, 6.07) is 7.18. The average Bonchev–Trinajstić information content (AvgIpc) is 2.51. The van der Waals surface area contributed by atoms with Gasteiger partial charge in [-0.25, -0.2) is 0 Å². The smallest absolute Gasteiger partial charge is 0.313 e. The van der Waals surface area contributed by atoms with E-state index in [1.54, 1.807) is 38.1 Å². The third-order valence-corrected chi connectivity index (χ3v) is 3.11. The van der Waals surface area contributed by atoms with Crippen molar-refractivity contribution >= 4 is 11.9 Å². The summed E-state index contributed by atoms with van der Waals surface area (Å²) in [4.78, 5) is 23.8. The fraction of sp³-hybridized carbons (Fsp3) is 0.556. The number of carbonyl (C=O) groups excluding carboxylic acids is 2. The monoisotopic (exact) mass is 322 g/mol. The number of hydrogen-bond acceptors (Lipinski definition) is 5. The highest BCUT2D eigenvalue weighted by atomic mass is 16.5. The van der Waals surface area contributed by atoms with E-state index in [-0.39, 0.29) is 19.6 Å². The molecule has 0 bridgehead atoms. The van der Waals surface area contributed by atoms with Crippen molar-refractivity contribution in [2.24, 2.45) is 5.92 Å². The van der Waals surface area contributed by atoms with Gasteiger partial charge in [0.1, 0.15) is 5.75 Å². The van der Waals surface area contributed by atoms with Crippen LogP contribution in [0.4, 0.5) is 0 Å². The third-order valence-electron chi connectivity index (χ3n) is 3.11. The number of ether oxygens (including phenoxy) is 3. The van der Waals surface area contributed by atoms with Gasteiger partial charge in [-0.3, -0.25) is 9.59 Å². The molecule has 1 aromatic carbocycles. The molecule has 0 amide bonds. The number of hydrogen-bond donors (Lipinski definition) is 0. The lowest BCUT2D eigenvalue weighted by molar-refractivity contribution is -0.151. The zero-order valence-electron chi connectivity index (χ0n) is 14.3. The molecule has 0 saturated carbocycles. The van der Waals surface area contributed by atoms with Gasteiger partial charge in [0, 0.05) is 0 Å². The molecule has 0 radical (unpaired) electrons. The minimum absolute atomic E-state index is 0.0289. The van der Waals surface area contributed by atoms with Gasteiger partial charge < -0.3 is 14.2 Å². The lowest BCUT2D eigenvalue weighted by Crippen LogP contribution is -2.20. The van der Waals surface area contributed by atoms with Crippen LogP contribution in [0.2, 0.25) is 0 Å². The van der Waals surface area contributed by atoms with E-state index in [0.29, 0.717) is 18.1 Å². The normalized spacial score (nSPS) is 11.9. The summed E-state index contributed by atoms with van der Waals surface area (Å²) in [6.45, 7) is 8.81. The van der Waals surface area contributed by atoms with Gasteiger partial charge in [0.15, 0.2) is 0 Å². The lowest BCUT2D eigenvalue weighted by atomic mass is 9.95. The molecular formula is C18H26O5. The zero-order valence-corrected chi connectivity index (χ0v) is 14.3. The van der Waals surface area contributed by atoms with Crippen LogP contribution in [0, 0.1) is 5.92 Å². The predicted octanol–water partition coefficient (Wildman–Crippen LogP) is 3.32. The fourth-order valence-electron chi connectivity index (χ4n) is 2.03. The zero-order chi connectivity index (χ0) is 17.2. The number of esters is 2. The standard InChI is InChI=1S/C18H26O5/c1-5-21-17(19)11-16(18(20)22-6-2)14-7-9-15(10-8-14)23-12-13(3)4/h7-10,13,16H,5-6,11-12H2,1-4H3. The molecule has 23 heavy (non-hydrogen) atoms. The summed E-state index contributed by atoms with van der Waals surface area (Å²) in [5.41, 5.74) is 0.716. The van der Waals surface area contributed by atoms with Gasteiger partial charge in [-0.15, -0.1) is 0 Å². The quantitative estimate of drug-likeness (QED) is 0.653. The highest BCUT2D eigenvalue weighted by Gasteiger charge is 2.25. The first-order valence-electron chi connectivity index (χ1n) is 8.02. The van der Waals surface area contributed by atoms with Crippen molar-refractivity contribution in [3.63, 3.8) is 0 Å². The molecule has 5 nitrogen and oxygen atoms in total. The molecule has 1 aromatic rings. The minimum Gasteiger partial charge on any atom is -0.493 e. The summed E-state index contributed by atoms with van der Waals surface area (Å²) in [5.74, 6) is -0.317. The molecule has 0 heterocycles. The Kier molecular flexibility index (Phi) is 8.16. The van der Waals surface area contributed by atoms with Crippen LogP contribution in [0.15, 0.2) is 24.3 Å². The van der Waals surface area contributed by atoms with Gasteiger partial charge >= 0.3 is 11.9 Å². The third kappa shape index (κ3) is 6.72. The van der Waals surface area contributed by atoms with Crippen molar-refractivity contribution in [3.8, 4) is 5.75 Å². The molecule has 1 atom stereocenters. The molecule has 0 aliphatic carbocycles. The van der Waals surface area contributed by atoms with Crippen molar-refractivity contribution in [1.82, 2.24) is 0 Å². The Bertz CT molecular complexity index is 493. The van der Waals surface area contributed by atoms with Crippen molar-refractivity contribution in [2.45, 2.75) is 40.0 Å². The maximum Gasteiger partial charge on any atom is 0.313 e. The second-order valence-corrected chi connectivity index (χ2v) is 5.59. The van der Waals surface area contributed by atoms with Gasteiger partial charge in [0.05, 0.1) is 32.2 Å². The SMILES string of the molecule is CCOC(=O)CC(C(=O)OCC)c1ccc(OCC(C)C)cc1. The molecular weight excluding hydrogens is 296 g/mol. The second kappa shape index (κ2) is 9.87. The van der Waals surface area contributed by atoms with E-state index in [9.17, 15) is 9.59 Å². The molecule has 0 spiro atoms. The molecule has 0 aliphatic heterocycles. The van der Waals surface area contributed by atoms with Crippen LogP contribution >= 0.6 is 0 Å². The summed E-state index contributed by atoms with van der Waals surface area (Å²) in [6.07, 6.45) is -0.0289. The maximum absolute atomic E-state index is 12.1.